The van der Waals surface area contributed by atoms with Crippen LogP contribution in [-0.4, -0.2) is 69.3 Å². The summed E-state index contributed by atoms with van der Waals surface area (Å²) in [7, 11) is -3.60. The van der Waals surface area contributed by atoms with Gasteiger partial charge in [0.2, 0.25) is 21.1 Å². The van der Waals surface area contributed by atoms with Crippen molar-refractivity contribution in [3.8, 4) is 11.4 Å². The van der Waals surface area contributed by atoms with E-state index in [1.165, 1.54) is 20.7 Å². The van der Waals surface area contributed by atoms with Gasteiger partial charge in [0, 0.05) is 30.7 Å². The number of carbonyl (C=O) groups is 1. The number of benzene rings is 1. The van der Waals surface area contributed by atoms with E-state index in [9.17, 15) is 13.2 Å². The monoisotopic (exact) mass is 480 g/mol. The molecule has 2 aromatic rings. The van der Waals surface area contributed by atoms with Gasteiger partial charge < -0.3 is 10.7 Å². The second-order valence-corrected chi connectivity index (χ2v) is 10.9. The van der Waals surface area contributed by atoms with Crippen LogP contribution in [-0.2, 0) is 14.8 Å². The summed E-state index contributed by atoms with van der Waals surface area (Å²) < 4.78 is 28.4. The van der Waals surface area contributed by atoms with E-state index in [1.54, 1.807) is 38.1 Å². The van der Waals surface area contributed by atoms with Crippen LogP contribution in [0.15, 0.2) is 34.3 Å². The van der Waals surface area contributed by atoms with Crippen LogP contribution >= 0.6 is 11.8 Å². The number of amides is 1. The molecule has 2 atom stereocenters. The fraction of sp³-hybridized carbons (Fsp3) is 0.571. The van der Waals surface area contributed by atoms with Crippen LogP contribution in [0.2, 0.25) is 0 Å². The van der Waals surface area contributed by atoms with Gasteiger partial charge in [0.05, 0.1) is 10.6 Å². The topological polar surface area (TPSA) is 114 Å². The van der Waals surface area contributed by atoms with Crippen LogP contribution in [0, 0.1) is 0 Å². The van der Waals surface area contributed by atoms with Gasteiger partial charge in [-0.1, -0.05) is 37.7 Å². The summed E-state index contributed by atoms with van der Waals surface area (Å²) in [5.74, 6) is 6.84. The molecule has 9 nitrogen and oxygen atoms in total. The highest BCUT2D eigenvalue weighted by Crippen LogP contribution is 2.27. The van der Waals surface area contributed by atoms with Gasteiger partial charge in [0.15, 0.2) is 5.82 Å². The largest absolute Gasteiger partial charge is 0.337 e. The minimum absolute atomic E-state index is 0.0616. The van der Waals surface area contributed by atoms with Gasteiger partial charge in [-0.2, -0.15) is 4.31 Å². The molecule has 1 amide bonds. The predicted octanol–water partition coefficient (Wildman–Crippen LogP) is 2.57. The Hall–Kier alpha value is -2.11. The zero-order valence-electron chi connectivity index (χ0n) is 19.1. The maximum absolute atomic E-state index is 12.9. The summed E-state index contributed by atoms with van der Waals surface area (Å²) in [5, 5.41) is 8.68. The number of piperidine rings is 1. The molecule has 0 spiro atoms. The molecule has 1 aliphatic rings. The van der Waals surface area contributed by atoms with Gasteiger partial charge in [-0.05, 0) is 45.2 Å². The van der Waals surface area contributed by atoms with Crippen molar-refractivity contribution in [1.82, 2.24) is 24.1 Å². The lowest BCUT2D eigenvalue weighted by Crippen LogP contribution is -2.48. The first-order valence-corrected chi connectivity index (χ1v) is 13.4. The molecule has 3 rings (SSSR count). The van der Waals surface area contributed by atoms with Gasteiger partial charge in [-0.3, -0.25) is 4.79 Å². The molecule has 0 saturated carbocycles. The summed E-state index contributed by atoms with van der Waals surface area (Å²) in [6.45, 7) is 8.55. The molecule has 1 aromatic carbocycles. The average molecular weight is 481 g/mol. The lowest BCUT2D eigenvalue weighted by atomic mass is 9.98. The number of thioether (sulfide) groups is 1. The van der Waals surface area contributed by atoms with E-state index in [0.717, 1.165) is 19.3 Å². The first-order chi connectivity index (χ1) is 15.2. The molecule has 1 aliphatic heterocycles. The van der Waals surface area contributed by atoms with E-state index in [0.29, 0.717) is 29.6 Å². The highest BCUT2D eigenvalue weighted by Gasteiger charge is 2.29. The molecule has 2 N–H and O–H groups in total. The molecule has 0 radical (unpaired) electrons. The fourth-order valence-corrected chi connectivity index (χ4v) is 6.42. The smallest absolute Gasteiger partial charge is 0.243 e. The lowest BCUT2D eigenvalue weighted by molar-refractivity contribution is -0.134. The van der Waals surface area contributed by atoms with Crippen molar-refractivity contribution in [3.05, 3.63) is 24.3 Å². The highest BCUT2D eigenvalue weighted by molar-refractivity contribution is 7.99. The summed E-state index contributed by atoms with van der Waals surface area (Å²) in [6.07, 6.45) is 3.18. The Labute approximate surface area is 194 Å². The van der Waals surface area contributed by atoms with Crippen molar-refractivity contribution in [2.24, 2.45) is 0 Å². The third-order valence-corrected chi connectivity index (χ3v) is 8.88. The summed E-state index contributed by atoms with van der Waals surface area (Å²) in [6, 6.07) is 6.98. The van der Waals surface area contributed by atoms with Crippen molar-refractivity contribution in [3.63, 3.8) is 0 Å². The zero-order chi connectivity index (χ0) is 23.5. The number of nitrogen functional groups attached to an aromatic ring is 1. The van der Waals surface area contributed by atoms with Crippen molar-refractivity contribution < 1.29 is 13.2 Å². The van der Waals surface area contributed by atoms with Gasteiger partial charge in [-0.15, -0.1) is 10.2 Å². The molecular weight excluding hydrogens is 448 g/mol. The number of hydrogen-bond donors (Lipinski definition) is 1. The highest BCUT2D eigenvalue weighted by atomic mass is 32.2. The zero-order valence-corrected chi connectivity index (χ0v) is 20.7. The number of nitrogens with zero attached hydrogens (tertiary/aromatic N) is 5. The minimum atomic E-state index is -3.60. The predicted molar refractivity (Wildman–Crippen MR) is 126 cm³/mol. The van der Waals surface area contributed by atoms with E-state index < -0.39 is 10.0 Å². The molecule has 0 bridgehead atoms. The maximum Gasteiger partial charge on any atom is 0.243 e. The van der Waals surface area contributed by atoms with Crippen LogP contribution in [0.25, 0.3) is 11.4 Å². The number of rotatable bonds is 8. The quantitative estimate of drug-likeness (QED) is 0.456. The third-order valence-electron chi connectivity index (χ3n) is 5.91. The van der Waals surface area contributed by atoms with Crippen LogP contribution < -0.4 is 5.84 Å². The minimum Gasteiger partial charge on any atom is -0.337 e. The molecular formula is C21H32N6O3S2. The Balaban J connectivity index is 1.77. The van der Waals surface area contributed by atoms with Gasteiger partial charge in [0.1, 0.15) is 0 Å². The fourth-order valence-electron chi connectivity index (χ4n) is 4.19. The average Bonchev–Trinajstić information content (AvgIpc) is 3.13. The standard InChI is InChI=1S/C21H32N6O3S2/c1-5-25(6-2)32(29,30)18-12-8-11-17(13-18)20-23-24-21(27(20)22)31-14-19(28)26-15(3)9-7-10-16(26)4/h8,11-13,15-16H,5-7,9-10,14,22H2,1-4H3/t15-,16-/m1/s1. The van der Waals surface area contributed by atoms with Crippen LogP contribution in [0.5, 0.6) is 0 Å². The van der Waals surface area contributed by atoms with Crippen molar-refractivity contribution in [2.75, 3.05) is 24.7 Å². The number of hydrogen-bond acceptors (Lipinski definition) is 7. The molecule has 0 aliphatic carbocycles. The normalized spacial score (nSPS) is 19.5. The van der Waals surface area contributed by atoms with E-state index in [2.05, 4.69) is 24.0 Å². The third kappa shape index (κ3) is 4.94. The first-order valence-electron chi connectivity index (χ1n) is 11.0. The Morgan fingerprint density at radius 2 is 1.84 bits per heavy atom. The molecule has 1 fully saturated rings. The van der Waals surface area contributed by atoms with Crippen molar-refractivity contribution in [2.45, 2.75) is 69.1 Å². The van der Waals surface area contributed by atoms with E-state index in [4.69, 9.17) is 5.84 Å². The first kappa shape index (κ1) is 24.5. The molecule has 1 aromatic heterocycles. The number of carbonyl (C=O) groups excluding carboxylic acids is 1. The Morgan fingerprint density at radius 1 is 1.19 bits per heavy atom. The second-order valence-electron chi connectivity index (χ2n) is 8.01. The van der Waals surface area contributed by atoms with Gasteiger partial charge >= 0.3 is 0 Å². The number of nitrogens with two attached hydrogens (primary N) is 1. The van der Waals surface area contributed by atoms with Crippen molar-refractivity contribution >= 4 is 27.7 Å². The molecule has 2 heterocycles. The molecule has 1 saturated heterocycles. The van der Waals surface area contributed by atoms with E-state index >= 15 is 0 Å². The maximum atomic E-state index is 12.9. The SMILES string of the molecule is CCN(CC)S(=O)(=O)c1cccc(-c2nnc(SCC(=O)N3[C@H](C)CCC[C@H]3C)n2N)c1. The van der Waals surface area contributed by atoms with Crippen LogP contribution in [0.4, 0.5) is 0 Å². The Bertz CT molecular complexity index is 1040. The lowest BCUT2D eigenvalue weighted by Gasteiger charge is -2.39. The van der Waals surface area contributed by atoms with Crippen LogP contribution in [0.1, 0.15) is 47.0 Å². The molecule has 0 unspecified atom stereocenters. The molecule has 11 heteroatoms. The summed E-state index contributed by atoms with van der Waals surface area (Å²) >= 11 is 1.24. The van der Waals surface area contributed by atoms with Gasteiger partial charge in [-0.25, -0.2) is 13.1 Å². The number of aromatic nitrogens is 3. The molecule has 176 valence electrons. The molecule has 32 heavy (non-hydrogen) atoms. The summed E-state index contributed by atoms with van der Waals surface area (Å²) in [4.78, 5) is 14.9. The van der Waals surface area contributed by atoms with Crippen LogP contribution in [0.3, 0.4) is 0 Å². The Morgan fingerprint density at radius 3 is 2.47 bits per heavy atom. The number of likely N-dealkylation sites (tertiary alicyclic amines) is 1. The summed E-state index contributed by atoms with van der Waals surface area (Å²) in [5.41, 5.74) is 0.546. The van der Waals surface area contributed by atoms with E-state index in [-0.39, 0.29) is 28.6 Å². The van der Waals surface area contributed by atoms with Gasteiger partial charge in [0.25, 0.3) is 0 Å². The second kappa shape index (κ2) is 10.2. The number of sulfonamides is 1. The van der Waals surface area contributed by atoms with Crippen molar-refractivity contribution in [1.29, 1.82) is 0 Å². The Kier molecular flexibility index (Phi) is 7.84. The van der Waals surface area contributed by atoms with E-state index in [1.807, 2.05) is 4.90 Å².